The number of aromatic nitrogens is 3. The zero-order chi connectivity index (χ0) is 34.0. The number of carbonyl (C=O) groups excluding carboxylic acids is 3. The average Bonchev–Trinajstić information content (AvgIpc) is 3.70. The molecule has 3 aromatic rings. The van der Waals surface area contributed by atoms with Gasteiger partial charge in [-0.2, -0.15) is 26.3 Å². The highest BCUT2D eigenvalue weighted by Crippen LogP contribution is 2.38. The fourth-order valence-corrected chi connectivity index (χ4v) is 4.77. The lowest BCUT2D eigenvalue weighted by Crippen LogP contribution is -2.46. The summed E-state index contributed by atoms with van der Waals surface area (Å²) in [6.07, 6.45) is -13.2. The molecule has 0 bridgehead atoms. The molecule has 1 heterocycles. The lowest BCUT2D eigenvalue weighted by molar-refractivity contribution is -0.207. The van der Waals surface area contributed by atoms with E-state index in [4.69, 9.17) is 16.3 Å². The van der Waals surface area contributed by atoms with E-state index in [1.54, 1.807) is 6.92 Å². The molecule has 46 heavy (non-hydrogen) atoms. The fraction of sp³-hybridized carbons (Fsp3) is 0.414. The van der Waals surface area contributed by atoms with Crippen molar-refractivity contribution in [2.75, 3.05) is 6.61 Å². The molecule has 10 nitrogen and oxygen atoms in total. The van der Waals surface area contributed by atoms with Crippen LogP contribution in [0.5, 0.6) is 0 Å². The summed E-state index contributed by atoms with van der Waals surface area (Å²) in [5, 5.41) is 16.4. The molecule has 1 aliphatic carbocycles. The molecule has 2 N–H and O–H groups in total. The zero-order valence-corrected chi connectivity index (χ0v) is 24.7. The predicted molar refractivity (Wildman–Crippen MR) is 150 cm³/mol. The SMILES string of the molecule is CCOC(=O)C1(NC(=O)C(CC(=O)Cn2nc(-c3ccc(Cl)cc3)n(C[C@H](O)C(F)(F)F)c2=O)c2cccc(C(F)(F)F)c2)CC1. The topological polar surface area (TPSA) is 133 Å². The van der Waals surface area contributed by atoms with Gasteiger partial charge in [0.1, 0.15) is 12.1 Å². The molecule has 0 aliphatic heterocycles. The first-order chi connectivity index (χ1) is 21.4. The Labute approximate surface area is 261 Å². The van der Waals surface area contributed by atoms with Gasteiger partial charge in [0, 0.05) is 17.0 Å². The fourth-order valence-electron chi connectivity index (χ4n) is 4.65. The third-order valence-corrected chi connectivity index (χ3v) is 7.48. The second kappa shape index (κ2) is 13.3. The molecule has 1 aromatic heterocycles. The molecule has 1 unspecified atom stereocenters. The van der Waals surface area contributed by atoms with Crippen molar-refractivity contribution in [3.8, 4) is 11.4 Å². The summed E-state index contributed by atoms with van der Waals surface area (Å²) in [7, 11) is 0. The Bertz CT molecular complexity index is 1660. The molecule has 17 heteroatoms. The van der Waals surface area contributed by atoms with Crippen LogP contribution in [0.1, 0.15) is 43.2 Å². The lowest BCUT2D eigenvalue weighted by atomic mass is 9.91. The zero-order valence-electron chi connectivity index (χ0n) is 24.0. The predicted octanol–water partition coefficient (Wildman–Crippen LogP) is 4.26. The number of Topliss-reactive ketones (excluding diaryl/α,β-unsaturated/α-hetero) is 1. The number of ether oxygens (including phenoxy) is 1. The molecule has 248 valence electrons. The maximum absolute atomic E-state index is 13.5. The minimum absolute atomic E-state index is 0.00536. The van der Waals surface area contributed by atoms with Gasteiger partial charge in [0.2, 0.25) is 5.91 Å². The highest BCUT2D eigenvalue weighted by atomic mass is 35.5. The number of aliphatic hydroxyl groups is 1. The smallest absolute Gasteiger partial charge is 0.416 e. The number of nitrogens with one attached hydrogen (secondary N) is 1. The van der Waals surface area contributed by atoms with Crippen molar-refractivity contribution in [2.45, 2.75) is 69.2 Å². The first-order valence-electron chi connectivity index (χ1n) is 13.8. The molecular formula is C29H27ClF6N4O6. The Morgan fingerprint density at radius 2 is 1.74 bits per heavy atom. The number of alkyl halides is 6. The quantitative estimate of drug-likeness (QED) is 0.216. The van der Waals surface area contributed by atoms with Crippen molar-refractivity contribution >= 4 is 29.3 Å². The molecule has 1 aliphatic rings. The average molecular weight is 677 g/mol. The number of benzene rings is 2. The third-order valence-electron chi connectivity index (χ3n) is 7.23. The largest absolute Gasteiger partial charge is 0.464 e. The summed E-state index contributed by atoms with van der Waals surface area (Å²) in [5.41, 5.74) is -3.81. The van der Waals surface area contributed by atoms with Crippen molar-refractivity contribution in [1.29, 1.82) is 0 Å². The highest BCUT2D eigenvalue weighted by Gasteiger charge is 2.53. The Balaban J connectivity index is 1.66. The normalized spacial score (nSPS) is 15.6. The lowest BCUT2D eigenvalue weighted by Gasteiger charge is -2.22. The van der Waals surface area contributed by atoms with E-state index in [9.17, 15) is 50.6 Å². The van der Waals surface area contributed by atoms with Gasteiger partial charge >= 0.3 is 24.0 Å². The van der Waals surface area contributed by atoms with E-state index in [0.29, 0.717) is 15.3 Å². The van der Waals surface area contributed by atoms with Crippen LogP contribution in [0.4, 0.5) is 26.3 Å². The molecule has 1 saturated carbocycles. The van der Waals surface area contributed by atoms with E-state index in [2.05, 4.69) is 10.4 Å². The van der Waals surface area contributed by atoms with Crippen LogP contribution in [0.3, 0.4) is 0 Å². The van der Waals surface area contributed by atoms with Gasteiger partial charge < -0.3 is 15.2 Å². The molecular weight excluding hydrogens is 650 g/mol. The number of halogens is 7. The highest BCUT2D eigenvalue weighted by molar-refractivity contribution is 6.30. The Kier molecular flexibility index (Phi) is 10.0. The number of amides is 1. The number of nitrogens with zero attached hydrogens (tertiary/aromatic N) is 3. The van der Waals surface area contributed by atoms with Gasteiger partial charge in [0.05, 0.1) is 24.6 Å². The van der Waals surface area contributed by atoms with Gasteiger partial charge in [-0.25, -0.2) is 14.3 Å². The molecule has 4 rings (SSSR count). The molecule has 0 spiro atoms. The minimum atomic E-state index is -5.09. The first kappa shape index (κ1) is 34.7. The summed E-state index contributed by atoms with van der Waals surface area (Å²) in [5.74, 6) is -4.50. The van der Waals surface area contributed by atoms with Gasteiger partial charge in [-0.15, -0.1) is 5.10 Å². The second-order valence-electron chi connectivity index (χ2n) is 10.6. The maximum atomic E-state index is 13.5. The van der Waals surface area contributed by atoms with Gasteiger partial charge in [-0.1, -0.05) is 29.8 Å². The van der Waals surface area contributed by atoms with E-state index < -0.39 is 78.3 Å². The van der Waals surface area contributed by atoms with Crippen molar-refractivity contribution in [3.63, 3.8) is 0 Å². The summed E-state index contributed by atoms with van der Waals surface area (Å²) in [6, 6.07) is 9.11. The Hall–Kier alpha value is -4.18. The number of esters is 1. The maximum Gasteiger partial charge on any atom is 0.416 e. The number of aliphatic hydroxyl groups excluding tert-OH is 1. The van der Waals surface area contributed by atoms with Crippen LogP contribution < -0.4 is 11.0 Å². The van der Waals surface area contributed by atoms with E-state index in [1.807, 2.05) is 0 Å². The van der Waals surface area contributed by atoms with Gasteiger partial charge in [0.15, 0.2) is 17.7 Å². The van der Waals surface area contributed by atoms with Gasteiger partial charge in [-0.3, -0.25) is 14.2 Å². The standard InChI is InChI=1S/C29H27ClF6N4O6/c1-2-46-25(44)27(10-11-27)37-24(43)21(17-4-3-5-18(12-17)28(31,32)33)13-20(41)14-40-26(45)39(15-22(42)29(34,35)36)23(38-40)16-6-8-19(30)9-7-16/h3-9,12,21-22,42H,2,10-11,13-15H2,1H3,(H,37,43)/t21?,22-/m0/s1. The van der Waals surface area contributed by atoms with E-state index in [1.165, 1.54) is 30.3 Å². The molecule has 0 saturated heterocycles. The van der Waals surface area contributed by atoms with Crippen LogP contribution in [0.25, 0.3) is 11.4 Å². The third kappa shape index (κ3) is 7.96. The van der Waals surface area contributed by atoms with Gasteiger partial charge in [-0.05, 0) is 55.7 Å². The van der Waals surface area contributed by atoms with Crippen molar-refractivity contribution in [2.24, 2.45) is 0 Å². The summed E-state index contributed by atoms with van der Waals surface area (Å²) >= 11 is 5.88. The Morgan fingerprint density at radius 1 is 1.09 bits per heavy atom. The van der Waals surface area contributed by atoms with E-state index in [-0.39, 0.29) is 41.4 Å². The first-order valence-corrected chi connectivity index (χ1v) is 14.2. The molecule has 2 atom stereocenters. The molecule has 0 radical (unpaired) electrons. The summed E-state index contributed by atoms with van der Waals surface area (Å²) < 4.78 is 86.0. The van der Waals surface area contributed by atoms with Crippen molar-refractivity contribution < 1.29 is 50.6 Å². The number of carbonyl (C=O) groups is 3. The van der Waals surface area contributed by atoms with Crippen LogP contribution >= 0.6 is 11.6 Å². The van der Waals surface area contributed by atoms with Crippen LogP contribution in [-0.2, 0) is 38.4 Å². The Morgan fingerprint density at radius 3 is 2.30 bits per heavy atom. The second-order valence-corrected chi connectivity index (χ2v) is 11.1. The van der Waals surface area contributed by atoms with Crippen LogP contribution in [0.2, 0.25) is 5.02 Å². The van der Waals surface area contributed by atoms with E-state index in [0.717, 1.165) is 12.1 Å². The van der Waals surface area contributed by atoms with Crippen LogP contribution in [0.15, 0.2) is 53.3 Å². The summed E-state index contributed by atoms with van der Waals surface area (Å²) in [6.45, 7) is -0.600. The van der Waals surface area contributed by atoms with Crippen molar-refractivity contribution in [3.05, 3.63) is 75.2 Å². The number of hydrogen-bond donors (Lipinski definition) is 2. The monoisotopic (exact) mass is 676 g/mol. The van der Waals surface area contributed by atoms with Crippen molar-refractivity contribution in [1.82, 2.24) is 19.7 Å². The van der Waals surface area contributed by atoms with Crippen LogP contribution in [0, 0.1) is 0 Å². The van der Waals surface area contributed by atoms with Gasteiger partial charge in [0.25, 0.3) is 0 Å². The molecule has 1 amide bonds. The van der Waals surface area contributed by atoms with E-state index >= 15 is 0 Å². The molecule has 2 aromatic carbocycles. The van der Waals surface area contributed by atoms with Crippen LogP contribution in [-0.4, -0.2) is 61.5 Å². The minimum Gasteiger partial charge on any atom is -0.464 e. The number of rotatable bonds is 12. The molecule has 1 fully saturated rings. The number of ketones is 1. The number of hydrogen-bond acceptors (Lipinski definition) is 7. The summed E-state index contributed by atoms with van der Waals surface area (Å²) in [4.78, 5) is 52.3.